The molecule has 0 aromatic rings. The Hall–Kier alpha value is -0.240. The summed E-state index contributed by atoms with van der Waals surface area (Å²) in [5, 5.41) is 10.8. The van der Waals surface area contributed by atoms with E-state index in [1.165, 1.54) is 6.42 Å². The number of alkyl halides is 1. The Labute approximate surface area is 95.0 Å². The van der Waals surface area contributed by atoms with Crippen LogP contribution < -0.4 is 5.11 Å². The van der Waals surface area contributed by atoms with Crippen molar-refractivity contribution < 1.29 is 9.90 Å². The van der Waals surface area contributed by atoms with E-state index in [0.29, 0.717) is 11.8 Å². The lowest BCUT2D eigenvalue weighted by molar-refractivity contribution is -0.309. The van der Waals surface area contributed by atoms with E-state index in [1.54, 1.807) is 0 Å². The topological polar surface area (TPSA) is 40.1 Å². The van der Waals surface area contributed by atoms with Crippen molar-refractivity contribution in [1.82, 2.24) is 0 Å². The molecule has 2 nitrogen and oxygen atoms in total. The number of carbonyl (C=O) groups is 1. The third-order valence-corrected chi connectivity index (χ3v) is 5.07. The molecular formula is C12H16ClO2-. The van der Waals surface area contributed by atoms with Gasteiger partial charge in [-0.2, -0.15) is 0 Å². The van der Waals surface area contributed by atoms with Gasteiger partial charge in [-0.05, 0) is 62.2 Å². The zero-order valence-electron chi connectivity index (χ0n) is 8.80. The second-order valence-corrected chi connectivity index (χ2v) is 6.96. The molecule has 4 atom stereocenters. The van der Waals surface area contributed by atoms with Crippen molar-refractivity contribution in [2.45, 2.75) is 49.8 Å². The van der Waals surface area contributed by atoms with Gasteiger partial charge in [0.05, 0.1) is 0 Å². The number of aliphatic carboxylic acids is 1. The number of rotatable bonds is 2. The van der Waals surface area contributed by atoms with Crippen LogP contribution in [0, 0.1) is 17.3 Å². The number of hydrogen-bond donors (Lipinski definition) is 0. The minimum atomic E-state index is -0.891. The van der Waals surface area contributed by atoms with E-state index in [4.69, 9.17) is 11.6 Å². The van der Waals surface area contributed by atoms with Crippen molar-refractivity contribution in [1.29, 1.82) is 0 Å². The molecule has 4 aliphatic rings. The Balaban J connectivity index is 1.89. The summed E-state index contributed by atoms with van der Waals surface area (Å²) in [5.41, 5.74) is -0.00926. The molecular weight excluding hydrogens is 212 g/mol. The highest BCUT2D eigenvalue weighted by Gasteiger charge is 2.56. The quantitative estimate of drug-likeness (QED) is 0.674. The first-order chi connectivity index (χ1) is 6.99. The molecule has 4 bridgehead atoms. The van der Waals surface area contributed by atoms with Crippen LogP contribution in [0.5, 0.6) is 0 Å². The van der Waals surface area contributed by atoms with E-state index in [1.807, 2.05) is 0 Å². The minimum Gasteiger partial charge on any atom is -0.550 e. The van der Waals surface area contributed by atoms with Gasteiger partial charge in [-0.25, -0.2) is 0 Å². The first kappa shape index (κ1) is 9.95. The smallest absolute Gasteiger partial charge is 0.0457 e. The second-order valence-electron chi connectivity index (χ2n) is 6.16. The van der Waals surface area contributed by atoms with Crippen molar-refractivity contribution in [3.8, 4) is 0 Å². The SMILES string of the molecule is O=C([O-])CC12C[C@@H]3C[C@@H](CC(Cl)(C3)C1)C2. The fraction of sp³-hybridized carbons (Fsp3) is 0.917. The molecule has 0 radical (unpaired) electrons. The van der Waals surface area contributed by atoms with Crippen LogP contribution in [0.25, 0.3) is 0 Å². The van der Waals surface area contributed by atoms with Crippen molar-refractivity contribution >= 4 is 17.6 Å². The van der Waals surface area contributed by atoms with Gasteiger partial charge in [-0.1, -0.05) is 0 Å². The highest BCUT2D eigenvalue weighted by Crippen LogP contribution is 2.64. The first-order valence-electron chi connectivity index (χ1n) is 5.88. The van der Waals surface area contributed by atoms with Crippen LogP contribution in [0.1, 0.15) is 44.9 Å². The molecule has 3 heteroatoms. The molecule has 0 spiro atoms. The molecule has 0 N–H and O–H groups in total. The van der Waals surface area contributed by atoms with Gasteiger partial charge in [0.15, 0.2) is 0 Å². The lowest BCUT2D eigenvalue weighted by atomic mass is 9.48. The molecule has 0 aromatic heterocycles. The monoisotopic (exact) mass is 227 g/mol. The average molecular weight is 228 g/mol. The van der Waals surface area contributed by atoms with E-state index in [2.05, 4.69) is 0 Å². The van der Waals surface area contributed by atoms with Crippen molar-refractivity contribution in [2.24, 2.45) is 17.3 Å². The van der Waals surface area contributed by atoms with Crippen LogP contribution in [-0.2, 0) is 4.79 Å². The molecule has 0 aliphatic heterocycles. The fourth-order valence-electron chi connectivity index (χ4n) is 4.85. The molecule has 15 heavy (non-hydrogen) atoms. The van der Waals surface area contributed by atoms with Crippen LogP contribution in [0.15, 0.2) is 0 Å². The van der Waals surface area contributed by atoms with E-state index >= 15 is 0 Å². The molecule has 4 saturated carbocycles. The van der Waals surface area contributed by atoms with Crippen molar-refractivity contribution in [3.05, 3.63) is 0 Å². The lowest BCUT2D eigenvalue weighted by Gasteiger charge is -2.60. The van der Waals surface area contributed by atoms with E-state index in [0.717, 1.165) is 32.1 Å². The van der Waals surface area contributed by atoms with E-state index in [9.17, 15) is 9.90 Å². The first-order valence-corrected chi connectivity index (χ1v) is 6.25. The van der Waals surface area contributed by atoms with Gasteiger partial charge in [0.25, 0.3) is 0 Å². The number of carboxylic acid groups (broad SMARTS) is 1. The van der Waals surface area contributed by atoms with Gasteiger partial charge in [-0.15, -0.1) is 11.6 Å². The Kier molecular flexibility index (Phi) is 1.93. The Morgan fingerprint density at radius 1 is 1.27 bits per heavy atom. The largest absolute Gasteiger partial charge is 0.550 e. The van der Waals surface area contributed by atoms with Crippen LogP contribution in [0.3, 0.4) is 0 Å². The van der Waals surface area contributed by atoms with Gasteiger partial charge in [0, 0.05) is 10.8 Å². The standard InChI is InChI=1S/C12H17ClO2/c13-12-4-8-1-9(5-12)3-11(2-8,7-12)6-10(14)15/h8-9H,1-7H2,(H,14,15)/p-1/t8-,9+,11?,12?. The summed E-state index contributed by atoms with van der Waals surface area (Å²) in [6.45, 7) is 0. The molecule has 4 rings (SSSR count). The number of carboxylic acids is 1. The second kappa shape index (κ2) is 2.91. The zero-order chi connectivity index (χ0) is 10.7. The van der Waals surface area contributed by atoms with E-state index in [-0.39, 0.29) is 16.7 Å². The normalized spacial score (nSPS) is 52.1. The Morgan fingerprint density at radius 2 is 1.87 bits per heavy atom. The maximum Gasteiger partial charge on any atom is 0.0457 e. The van der Waals surface area contributed by atoms with E-state index < -0.39 is 5.97 Å². The zero-order valence-corrected chi connectivity index (χ0v) is 9.55. The maximum absolute atomic E-state index is 10.8. The highest BCUT2D eigenvalue weighted by atomic mass is 35.5. The summed E-state index contributed by atoms with van der Waals surface area (Å²) in [6.07, 6.45) is 6.79. The highest BCUT2D eigenvalue weighted by molar-refractivity contribution is 6.24. The summed E-state index contributed by atoms with van der Waals surface area (Å²) in [4.78, 5) is 10.8. The maximum atomic E-state index is 10.8. The number of halogens is 1. The summed E-state index contributed by atoms with van der Waals surface area (Å²) in [5.74, 6) is 0.475. The van der Waals surface area contributed by atoms with Gasteiger partial charge in [0.1, 0.15) is 0 Å². The summed E-state index contributed by atoms with van der Waals surface area (Å²) in [7, 11) is 0. The molecule has 84 valence electrons. The van der Waals surface area contributed by atoms with Crippen molar-refractivity contribution in [3.63, 3.8) is 0 Å². The summed E-state index contributed by atoms with van der Waals surface area (Å²) < 4.78 is 0. The molecule has 0 heterocycles. The van der Waals surface area contributed by atoms with Gasteiger partial charge in [0.2, 0.25) is 0 Å². The Bertz CT molecular complexity index is 299. The predicted molar refractivity (Wildman–Crippen MR) is 55.3 cm³/mol. The summed E-state index contributed by atoms with van der Waals surface area (Å²) in [6, 6.07) is 0. The van der Waals surface area contributed by atoms with Crippen LogP contribution in [-0.4, -0.2) is 10.8 Å². The molecule has 4 aliphatic carbocycles. The number of carbonyl (C=O) groups excluding carboxylic acids is 1. The molecule has 4 fully saturated rings. The average Bonchev–Trinajstić information content (AvgIpc) is 1.94. The minimum absolute atomic E-state index is 0.00926. The van der Waals surface area contributed by atoms with Crippen LogP contribution >= 0.6 is 11.6 Å². The Morgan fingerprint density at radius 3 is 2.33 bits per heavy atom. The molecule has 2 unspecified atom stereocenters. The molecule has 0 amide bonds. The lowest BCUT2D eigenvalue weighted by Crippen LogP contribution is -2.54. The summed E-state index contributed by atoms with van der Waals surface area (Å²) >= 11 is 6.59. The third-order valence-electron chi connectivity index (χ3n) is 4.63. The van der Waals surface area contributed by atoms with Crippen LogP contribution in [0.2, 0.25) is 0 Å². The fourth-order valence-corrected chi connectivity index (χ4v) is 5.57. The molecule has 0 saturated heterocycles. The van der Waals surface area contributed by atoms with Gasteiger partial charge < -0.3 is 9.90 Å². The van der Waals surface area contributed by atoms with Gasteiger partial charge in [-0.3, -0.25) is 0 Å². The van der Waals surface area contributed by atoms with Gasteiger partial charge >= 0.3 is 0 Å². The number of hydrogen-bond acceptors (Lipinski definition) is 2. The third kappa shape index (κ3) is 1.57. The van der Waals surface area contributed by atoms with Crippen molar-refractivity contribution in [2.75, 3.05) is 0 Å². The molecule has 0 aromatic carbocycles. The predicted octanol–water partition coefficient (Wildman–Crippen LogP) is 1.70. The van der Waals surface area contributed by atoms with Crippen LogP contribution in [0.4, 0.5) is 0 Å².